The molecule has 65 heavy (non-hydrogen) atoms. The normalized spacial score (nSPS) is 11.5. The molecule has 0 heterocycles. The van der Waals surface area contributed by atoms with Gasteiger partial charge < -0.3 is 59.2 Å². The van der Waals surface area contributed by atoms with Gasteiger partial charge in [0.05, 0.1) is 84.7 Å². The van der Waals surface area contributed by atoms with Gasteiger partial charge in [0.1, 0.15) is 0 Å². The molecule has 0 aliphatic rings. The summed E-state index contributed by atoms with van der Waals surface area (Å²) in [5.41, 5.74) is -0.618. The number of hydrogen-bond donors (Lipinski definition) is 4. The zero-order valence-corrected chi connectivity index (χ0v) is 41.7. The maximum Gasteiger partial charge on any atom is 0.219 e. The van der Waals surface area contributed by atoms with Gasteiger partial charge in [-0.25, -0.2) is 0 Å². The van der Waals surface area contributed by atoms with E-state index in [0.717, 1.165) is 129 Å². The van der Waals surface area contributed by atoms with E-state index in [1.165, 1.54) is 0 Å². The van der Waals surface area contributed by atoms with Crippen molar-refractivity contribution in [3.05, 3.63) is 0 Å². The summed E-state index contributed by atoms with van der Waals surface area (Å²) in [4.78, 5) is 47.4. The lowest BCUT2D eigenvalue weighted by Gasteiger charge is -2.33. The van der Waals surface area contributed by atoms with Crippen LogP contribution in [0.1, 0.15) is 156 Å². The molecule has 0 atom stereocenters. The van der Waals surface area contributed by atoms with Crippen molar-refractivity contribution < 1.29 is 57.1 Å². The molecule has 16 heteroatoms. The van der Waals surface area contributed by atoms with Gasteiger partial charge in [-0.1, -0.05) is 53.4 Å². The Morgan fingerprint density at radius 2 is 0.508 bits per heavy atom. The van der Waals surface area contributed by atoms with Crippen LogP contribution < -0.4 is 21.3 Å². The van der Waals surface area contributed by atoms with Crippen LogP contribution in [-0.2, 0) is 57.1 Å². The highest BCUT2D eigenvalue weighted by Gasteiger charge is 2.32. The molecule has 0 aliphatic heterocycles. The van der Waals surface area contributed by atoms with E-state index in [9.17, 15) is 19.2 Å². The van der Waals surface area contributed by atoms with Crippen LogP contribution in [0, 0.1) is 5.41 Å². The van der Waals surface area contributed by atoms with E-state index >= 15 is 0 Å². The predicted molar refractivity (Wildman–Crippen MR) is 256 cm³/mol. The first-order valence-corrected chi connectivity index (χ1v) is 25.5. The molecule has 0 spiro atoms. The van der Waals surface area contributed by atoms with Crippen LogP contribution in [0.4, 0.5) is 0 Å². The molecule has 0 rings (SSSR count). The molecule has 0 unspecified atom stereocenters. The Balaban J connectivity index is 5.10. The van der Waals surface area contributed by atoms with E-state index in [-0.39, 0.29) is 23.6 Å². The largest absolute Gasteiger partial charge is 0.379 e. The van der Waals surface area contributed by atoms with Gasteiger partial charge in [-0.15, -0.1) is 0 Å². The molecular weight excluding hydrogens is 837 g/mol. The summed E-state index contributed by atoms with van der Waals surface area (Å²) < 4.78 is 48.3. The van der Waals surface area contributed by atoms with Gasteiger partial charge in [0.15, 0.2) is 0 Å². The Morgan fingerprint density at radius 1 is 0.292 bits per heavy atom. The van der Waals surface area contributed by atoms with Crippen molar-refractivity contribution in [3.8, 4) is 0 Å². The zero-order chi connectivity index (χ0) is 47.6. The molecule has 4 amide bonds. The summed E-state index contributed by atoms with van der Waals surface area (Å²) in [5, 5.41) is 11.7. The molecule has 16 nitrogen and oxygen atoms in total. The van der Waals surface area contributed by atoms with Crippen molar-refractivity contribution in [2.45, 2.75) is 156 Å². The fourth-order valence-electron chi connectivity index (χ4n) is 6.36. The van der Waals surface area contributed by atoms with E-state index in [4.69, 9.17) is 37.9 Å². The van der Waals surface area contributed by atoms with Crippen molar-refractivity contribution in [2.75, 3.05) is 132 Å². The number of unbranched alkanes of at least 4 members (excludes halogenated alkanes) is 8. The smallest absolute Gasteiger partial charge is 0.219 e. The second kappa shape index (κ2) is 49.5. The quantitative estimate of drug-likeness (QED) is 0.0489. The highest BCUT2D eigenvalue weighted by atomic mass is 16.6. The monoisotopic (exact) mass is 933 g/mol. The Bertz CT molecular complexity index is 924. The highest BCUT2D eigenvalue weighted by Crippen LogP contribution is 2.21. The van der Waals surface area contributed by atoms with Crippen molar-refractivity contribution in [1.82, 2.24) is 21.3 Å². The predicted octanol–water partition coefficient (Wildman–Crippen LogP) is 6.45. The summed E-state index contributed by atoms with van der Waals surface area (Å²) in [7, 11) is 0. The Kier molecular flexibility index (Phi) is 47.6. The summed E-state index contributed by atoms with van der Waals surface area (Å²) in [6, 6.07) is 0. The van der Waals surface area contributed by atoms with Crippen LogP contribution in [0.3, 0.4) is 0 Å². The van der Waals surface area contributed by atoms with Gasteiger partial charge in [-0.2, -0.15) is 0 Å². The first-order chi connectivity index (χ1) is 31.8. The van der Waals surface area contributed by atoms with Gasteiger partial charge in [0.25, 0.3) is 0 Å². The zero-order valence-electron chi connectivity index (χ0n) is 41.7. The number of hydrogen-bond acceptors (Lipinski definition) is 12. The maximum atomic E-state index is 11.8. The minimum absolute atomic E-state index is 0.110. The molecule has 0 aromatic carbocycles. The van der Waals surface area contributed by atoms with Crippen molar-refractivity contribution in [2.24, 2.45) is 5.41 Å². The summed E-state index contributed by atoms with van der Waals surface area (Å²) in [6.45, 7) is 18.2. The number of ether oxygens (including phenoxy) is 8. The molecule has 0 fully saturated rings. The fourth-order valence-corrected chi connectivity index (χ4v) is 6.36. The lowest BCUT2D eigenvalue weighted by molar-refractivity contribution is -0.122. The SMILES string of the molecule is CCCNC(=O)CCCCCOCCOCC(COCCOCCCCCC(=O)NCCC)(COCCOCCCCCC(=O)NCCC)COCCOCCCCCC(=O)NCCC. The molecule has 0 aromatic rings. The molecular formula is C49H96N4O12. The number of nitrogens with one attached hydrogen (secondary N) is 4. The van der Waals surface area contributed by atoms with Crippen LogP contribution in [0.15, 0.2) is 0 Å². The van der Waals surface area contributed by atoms with Crippen LogP contribution in [0.2, 0.25) is 0 Å². The van der Waals surface area contributed by atoms with Crippen LogP contribution in [0.25, 0.3) is 0 Å². The molecule has 0 saturated carbocycles. The Hall–Kier alpha value is -2.44. The highest BCUT2D eigenvalue weighted by molar-refractivity contribution is 5.76. The lowest BCUT2D eigenvalue weighted by Crippen LogP contribution is -2.42. The number of carbonyl (C=O) groups excluding carboxylic acids is 4. The van der Waals surface area contributed by atoms with Crippen molar-refractivity contribution in [3.63, 3.8) is 0 Å². The third-order valence-corrected chi connectivity index (χ3v) is 10.2. The number of carbonyl (C=O) groups is 4. The molecule has 0 aromatic heterocycles. The second-order valence-corrected chi connectivity index (χ2v) is 16.8. The van der Waals surface area contributed by atoms with Crippen molar-refractivity contribution >= 4 is 23.6 Å². The Labute approximate surface area is 394 Å². The summed E-state index contributed by atoms with van der Waals surface area (Å²) >= 11 is 0. The third kappa shape index (κ3) is 45.1. The Morgan fingerprint density at radius 3 is 0.723 bits per heavy atom. The minimum Gasteiger partial charge on any atom is -0.379 e. The van der Waals surface area contributed by atoms with E-state index in [0.29, 0.717) is 131 Å². The van der Waals surface area contributed by atoms with Crippen LogP contribution in [-0.4, -0.2) is 156 Å². The van der Waals surface area contributed by atoms with E-state index in [2.05, 4.69) is 21.3 Å². The summed E-state index contributed by atoms with van der Waals surface area (Å²) in [5.74, 6) is 0.440. The lowest BCUT2D eigenvalue weighted by atomic mass is 9.92. The third-order valence-electron chi connectivity index (χ3n) is 10.2. The van der Waals surface area contributed by atoms with Crippen molar-refractivity contribution in [1.29, 1.82) is 0 Å². The molecule has 0 radical (unpaired) electrons. The number of amides is 4. The van der Waals surface area contributed by atoms with Gasteiger partial charge in [0, 0.05) is 78.3 Å². The maximum absolute atomic E-state index is 11.8. The number of rotatable bonds is 52. The first-order valence-electron chi connectivity index (χ1n) is 25.5. The molecule has 4 N–H and O–H groups in total. The molecule has 384 valence electrons. The van der Waals surface area contributed by atoms with Gasteiger partial charge in [-0.3, -0.25) is 19.2 Å². The average Bonchev–Trinajstić information content (AvgIpc) is 3.30. The topological polar surface area (TPSA) is 190 Å². The standard InChI is InChI=1S/C49H96N4O12/c1-5-25-50-45(54)21-13-9-17-29-58-33-37-62-41-49(42-63-38-34-59-30-18-10-14-22-46(55)51-26-6-2,43-64-39-35-60-31-19-11-15-23-47(56)52-27-7-3)44-65-40-36-61-32-20-12-16-24-48(57)53-28-8-4/h5-44H2,1-4H3,(H,50,54)(H,51,55)(H,52,56)(H,53,57). The van der Waals surface area contributed by atoms with Gasteiger partial charge in [0.2, 0.25) is 23.6 Å². The van der Waals surface area contributed by atoms with Crippen LogP contribution >= 0.6 is 0 Å². The first kappa shape index (κ1) is 62.6. The molecule has 0 aliphatic carbocycles. The van der Waals surface area contributed by atoms with E-state index in [1.54, 1.807) is 0 Å². The van der Waals surface area contributed by atoms with Gasteiger partial charge in [-0.05, 0) is 77.0 Å². The van der Waals surface area contributed by atoms with Crippen LogP contribution in [0.5, 0.6) is 0 Å². The fraction of sp³-hybridized carbons (Fsp3) is 0.918. The van der Waals surface area contributed by atoms with E-state index < -0.39 is 5.41 Å². The average molecular weight is 933 g/mol. The van der Waals surface area contributed by atoms with Gasteiger partial charge >= 0.3 is 0 Å². The minimum atomic E-state index is -0.618. The second-order valence-electron chi connectivity index (χ2n) is 16.8. The molecule has 0 saturated heterocycles. The van der Waals surface area contributed by atoms with E-state index in [1.807, 2.05) is 27.7 Å². The molecule has 0 bridgehead atoms. The summed E-state index contributed by atoms with van der Waals surface area (Å²) in [6.07, 6.45) is 16.6.